The van der Waals surface area contributed by atoms with E-state index in [0.29, 0.717) is 5.41 Å². The van der Waals surface area contributed by atoms with Crippen LogP contribution in [0.4, 0.5) is 0 Å². The van der Waals surface area contributed by atoms with Crippen molar-refractivity contribution < 1.29 is 9.31 Å². The van der Waals surface area contributed by atoms with Crippen molar-refractivity contribution in [2.24, 2.45) is 5.41 Å². The zero-order valence-electron chi connectivity index (χ0n) is 10.9. The maximum atomic E-state index is 5.72. The van der Waals surface area contributed by atoms with Crippen LogP contribution in [-0.2, 0) is 4.74 Å². The smallest absolute Gasteiger partial charge is 0.179 e. The minimum Gasteiger partial charge on any atom is -0.498 e. The van der Waals surface area contributed by atoms with Crippen molar-refractivity contribution in [1.29, 1.82) is 0 Å². The predicted molar refractivity (Wildman–Crippen MR) is 67.0 cm³/mol. The van der Waals surface area contributed by atoms with Gasteiger partial charge in [-0.2, -0.15) is 0 Å². The van der Waals surface area contributed by atoms with Crippen LogP contribution >= 0.6 is 0 Å². The van der Waals surface area contributed by atoms with Crippen LogP contribution in [0.15, 0.2) is 11.8 Å². The zero-order valence-corrected chi connectivity index (χ0v) is 10.9. The molecule has 1 heterocycles. The number of allylic oxidation sites excluding steroid dienone is 2. The Hall–Kier alpha value is -0.790. The highest BCUT2D eigenvalue weighted by molar-refractivity contribution is 5.92. The molecule has 1 fully saturated rings. The molecule has 1 aliphatic heterocycles. The molecule has 0 aromatic heterocycles. The molecule has 2 aliphatic rings. The van der Waals surface area contributed by atoms with E-state index in [2.05, 4.69) is 31.4 Å². The third kappa shape index (κ3) is 2.66. The SMILES string of the molecule is CCOC1=CC(=[N+]2CCCC2)CC(C)(C)C1. The Morgan fingerprint density at radius 2 is 1.94 bits per heavy atom. The Bertz CT molecular complexity index is 318. The second-order valence-electron chi connectivity index (χ2n) is 5.75. The van der Waals surface area contributed by atoms with Crippen LogP contribution in [-0.4, -0.2) is 30.0 Å². The lowest BCUT2D eigenvalue weighted by Gasteiger charge is -2.28. The molecule has 0 atom stereocenters. The second kappa shape index (κ2) is 4.60. The summed E-state index contributed by atoms with van der Waals surface area (Å²) < 4.78 is 8.26. The molecule has 0 spiro atoms. The molecule has 0 N–H and O–H groups in total. The van der Waals surface area contributed by atoms with Gasteiger partial charge < -0.3 is 4.74 Å². The number of ether oxygens (including phenoxy) is 1. The first-order valence-corrected chi connectivity index (χ1v) is 6.55. The molecule has 0 unspecified atom stereocenters. The van der Waals surface area contributed by atoms with E-state index in [4.69, 9.17) is 4.74 Å². The number of hydrogen-bond acceptors (Lipinski definition) is 1. The Kier molecular flexibility index (Phi) is 3.36. The maximum Gasteiger partial charge on any atom is 0.179 e. The van der Waals surface area contributed by atoms with E-state index in [9.17, 15) is 0 Å². The highest BCUT2D eigenvalue weighted by Crippen LogP contribution is 2.34. The first kappa shape index (κ1) is 11.7. The molecule has 0 radical (unpaired) electrons. The van der Waals surface area contributed by atoms with Crippen LogP contribution < -0.4 is 0 Å². The number of rotatable bonds is 2. The maximum absolute atomic E-state index is 5.72. The van der Waals surface area contributed by atoms with Crippen molar-refractivity contribution in [3.63, 3.8) is 0 Å². The van der Waals surface area contributed by atoms with Crippen molar-refractivity contribution in [2.45, 2.75) is 46.5 Å². The Balaban J connectivity index is 2.24. The first-order chi connectivity index (χ1) is 7.61. The van der Waals surface area contributed by atoms with Gasteiger partial charge in [-0.25, -0.2) is 4.58 Å². The highest BCUT2D eigenvalue weighted by atomic mass is 16.5. The first-order valence-electron chi connectivity index (χ1n) is 6.55. The molecule has 0 aromatic carbocycles. The molecular formula is C14H24NO+. The minimum absolute atomic E-state index is 0.358. The largest absolute Gasteiger partial charge is 0.498 e. The molecule has 0 bridgehead atoms. The van der Waals surface area contributed by atoms with Crippen molar-refractivity contribution >= 4 is 5.71 Å². The van der Waals surface area contributed by atoms with Crippen molar-refractivity contribution in [3.8, 4) is 0 Å². The third-order valence-electron chi connectivity index (χ3n) is 3.48. The van der Waals surface area contributed by atoms with Gasteiger partial charge in [0.05, 0.1) is 6.61 Å². The van der Waals surface area contributed by atoms with Gasteiger partial charge in [0.2, 0.25) is 0 Å². The van der Waals surface area contributed by atoms with E-state index in [0.717, 1.165) is 13.0 Å². The topological polar surface area (TPSA) is 12.2 Å². The summed E-state index contributed by atoms with van der Waals surface area (Å²) in [7, 11) is 0. The second-order valence-corrected chi connectivity index (χ2v) is 5.75. The summed E-state index contributed by atoms with van der Waals surface area (Å²) in [6.07, 6.45) is 7.27. The Morgan fingerprint density at radius 3 is 2.56 bits per heavy atom. The van der Waals surface area contributed by atoms with E-state index in [1.807, 2.05) is 0 Å². The van der Waals surface area contributed by atoms with Crippen LogP contribution in [0.5, 0.6) is 0 Å². The van der Waals surface area contributed by atoms with E-state index >= 15 is 0 Å². The van der Waals surface area contributed by atoms with Gasteiger partial charge in [-0.1, -0.05) is 13.8 Å². The molecule has 0 aromatic rings. The summed E-state index contributed by atoms with van der Waals surface area (Å²) in [5, 5.41) is 0. The molecule has 1 aliphatic carbocycles. The molecule has 2 nitrogen and oxygen atoms in total. The van der Waals surface area contributed by atoms with Gasteiger partial charge in [-0.3, -0.25) is 0 Å². The van der Waals surface area contributed by atoms with Crippen LogP contribution in [0.3, 0.4) is 0 Å². The van der Waals surface area contributed by atoms with Crippen LogP contribution in [0.1, 0.15) is 46.5 Å². The lowest BCUT2D eigenvalue weighted by molar-refractivity contribution is -0.507. The van der Waals surface area contributed by atoms with Crippen molar-refractivity contribution in [2.75, 3.05) is 19.7 Å². The fourth-order valence-electron chi connectivity index (χ4n) is 2.80. The van der Waals surface area contributed by atoms with Crippen LogP contribution in [0.2, 0.25) is 0 Å². The standard InChI is InChI=1S/C14H24NO/c1-4-16-13-9-12(10-14(2,3)11-13)15-7-5-6-8-15/h9H,4-8,10-11H2,1-3H3/q+1. The number of nitrogens with zero attached hydrogens (tertiary/aromatic N) is 1. The predicted octanol–water partition coefficient (Wildman–Crippen LogP) is 2.97. The summed E-state index contributed by atoms with van der Waals surface area (Å²) in [6, 6.07) is 0. The van der Waals surface area contributed by atoms with Gasteiger partial charge in [-0.05, 0) is 12.3 Å². The minimum atomic E-state index is 0.358. The zero-order chi connectivity index (χ0) is 11.6. The Labute approximate surface area is 99.0 Å². The molecule has 90 valence electrons. The van der Waals surface area contributed by atoms with Gasteiger partial charge in [0.25, 0.3) is 0 Å². The monoisotopic (exact) mass is 222 g/mol. The summed E-state index contributed by atoms with van der Waals surface area (Å²) in [6.45, 7) is 10.0. The third-order valence-corrected chi connectivity index (χ3v) is 3.48. The van der Waals surface area contributed by atoms with Crippen molar-refractivity contribution in [1.82, 2.24) is 0 Å². The summed E-state index contributed by atoms with van der Waals surface area (Å²) in [5.74, 6) is 1.18. The van der Waals surface area contributed by atoms with Crippen LogP contribution in [0, 0.1) is 5.41 Å². The lowest BCUT2D eigenvalue weighted by Crippen LogP contribution is -2.29. The molecule has 0 saturated carbocycles. The van der Waals surface area contributed by atoms with Gasteiger partial charge in [0.1, 0.15) is 18.8 Å². The fraction of sp³-hybridized carbons (Fsp3) is 0.786. The van der Waals surface area contributed by atoms with Gasteiger partial charge in [-0.15, -0.1) is 0 Å². The van der Waals surface area contributed by atoms with E-state index in [1.54, 1.807) is 0 Å². The summed E-state index contributed by atoms with van der Waals surface area (Å²) >= 11 is 0. The normalized spacial score (nSPS) is 24.6. The summed E-state index contributed by atoms with van der Waals surface area (Å²) in [5.41, 5.74) is 1.86. The lowest BCUT2D eigenvalue weighted by atomic mass is 9.79. The summed E-state index contributed by atoms with van der Waals surface area (Å²) in [4.78, 5) is 0. The highest BCUT2D eigenvalue weighted by Gasteiger charge is 2.32. The van der Waals surface area contributed by atoms with Gasteiger partial charge >= 0.3 is 0 Å². The average molecular weight is 222 g/mol. The molecule has 1 saturated heterocycles. The quantitative estimate of drug-likeness (QED) is 0.654. The molecule has 0 amide bonds. The molecule has 2 rings (SSSR count). The fourth-order valence-corrected chi connectivity index (χ4v) is 2.80. The molecule has 16 heavy (non-hydrogen) atoms. The van der Waals surface area contributed by atoms with E-state index in [1.165, 1.54) is 43.8 Å². The average Bonchev–Trinajstić information content (AvgIpc) is 2.68. The van der Waals surface area contributed by atoms with Crippen molar-refractivity contribution in [3.05, 3.63) is 11.8 Å². The molecule has 2 heteroatoms. The number of hydrogen-bond donors (Lipinski definition) is 0. The van der Waals surface area contributed by atoms with E-state index < -0.39 is 0 Å². The van der Waals surface area contributed by atoms with Crippen LogP contribution in [0.25, 0.3) is 0 Å². The van der Waals surface area contributed by atoms with E-state index in [-0.39, 0.29) is 0 Å². The van der Waals surface area contributed by atoms with Gasteiger partial charge in [0, 0.05) is 31.8 Å². The van der Waals surface area contributed by atoms with Gasteiger partial charge in [0.15, 0.2) is 5.71 Å². The molecular weight excluding hydrogens is 198 g/mol. The Morgan fingerprint density at radius 1 is 1.25 bits per heavy atom.